The first-order valence-electron chi connectivity index (χ1n) is 6.27. The molecule has 2 rings (SSSR count). The predicted octanol–water partition coefficient (Wildman–Crippen LogP) is 0.935. The van der Waals surface area contributed by atoms with Crippen molar-refractivity contribution >= 4 is 11.6 Å². The van der Waals surface area contributed by atoms with E-state index in [9.17, 15) is 0 Å². The first-order valence-corrected chi connectivity index (χ1v) is 6.27. The molecular weight excluding hydrogens is 214 g/mol. The van der Waals surface area contributed by atoms with Gasteiger partial charge in [0.1, 0.15) is 17.5 Å². The van der Waals surface area contributed by atoms with Gasteiger partial charge in [0.05, 0.1) is 0 Å². The summed E-state index contributed by atoms with van der Waals surface area (Å²) in [5, 5.41) is 6.66. The number of nitrogens with one attached hydrogen (secondary N) is 2. The van der Waals surface area contributed by atoms with Crippen LogP contribution in [-0.2, 0) is 0 Å². The highest BCUT2D eigenvalue weighted by Crippen LogP contribution is 2.23. The Morgan fingerprint density at radius 1 is 1.24 bits per heavy atom. The van der Waals surface area contributed by atoms with Gasteiger partial charge in [0, 0.05) is 38.3 Å². The molecular formula is C12H21N5. The zero-order valence-corrected chi connectivity index (χ0v) is 10.9. The molecule has 0 radical (unpaired) electrons. The van der Waals surface area contributed by atoms with Crippen LogP contribution in [0, 0.1) is 13.8 Å². The lowest BCUT2D eigenvalue weighted by atomic mass is 10.2. The SMILES string of the molecule is CCNc1nc(C)nc(N2CCNCC2)c1C. The van der Waals surface area contributed by atoms with E-state index in [2.05, 4.69) is 39.3 Å². The van der Waals surface area contributed by atoms with E-state index in [0.29, 0.717) is 0 Å². The van der Waals surface area contributed by atoms with Crippen molar-refractivity contribution in [1.29, 1.82) is 0 Å². The number of hydrogen-bond acceptors (Lipinski definition) is 5. The minimum absolute atomic E-state index is 0.833. The third-order valence-corrected chi connectivity index (χ3v) is 2.99. The van der Waals surface area contributed by atoms with Gasteiger partial charge < -0.3 is 15.5 Å². The van der Waals surface area contributed by atoms with Crippen LogP contribution in [0.25, 0.3) is 0 Å². The minimum Gasteiger partial charge on any atom is -0.370 e. The monoisotopic (exact) mass is 235 g/mol. The van der Waals surface area contributed by atoms with Crippen molar-refractivity contribution in [2.75, 3.05) is 42.9 Å². The molecule has 1 aromatic heterocycles. The maximum Gasteiger partial charge on any atom is 0.137 e. The summed E-state index contributed by atoms with van der Waals surface area (Å²) < 4.78 is 0. The zero-order chi connectivity index (χ0) is 12.3. The summed E-state index contributed by atoms with van der Waals surface area (Å²) in [7, 11) is 0. The fourth-order valence-electron chi connectivity index (χ4n) is 2.14. The van der Waals surface area contributed by atoms with Crippen molar-refractivity contribution in [1.82, 2.24) is 15.3 Å². The molecule has 2 heterocycles. The molecule has 1 aromatic rings. The molecule has 0 atom stereocenters. The Balaban J connectivity index is 2.31. The average molecular weight is 235 g/mol. The summed E-state index contributed by atoms with van der Waals surface area (Å²) in [5.41, 5.74) is 1.15. The van der Waals surface area contributed by atoms with Gasteiger partial charge in [-0.1, -0.05) is 0 Å². The largest absolute Gasteiger partial charge is 0.370 e. The summed E-state index contributed by atoms with van der Waals surface area (Å²) in [4.78, 5) is 11.4. The molecule has 1 saturated heterocycles. The highest BCUT2D eigenvalue weighted by atomic mass is 15.2. The standard InChI is InChI=1S/C12H21N5/c1-4-14-11-9(2)12(16-10(3)15-11)17-7-5-13-6-8-17/h13H,4-8H2,1-3H3,(H,14,15,16). The Labute approximate surface area is 103 Å². The molecule has 5 heteroatoms. The molecule has 0 bridgehead atoms. The summed E-state index contributed by atoms with van der Waals surface area (Å²) in [6.45, 7) is 11.1. The molecule has 1 fully saturated rings. The summed E-state index contributed by atoms with van der Waals surface area (Å²) in [6, 6.07) is 0. The number of piperazine rings is 1. The van der Waals surface area contributed by atoms with Crippen LogP contribution in [0.3, 0.4) is 0 Å². The molecule has 0 spiro atoms. The van der Waals surface area contributed by atoms with Gasteiger partial charge >= 0.3 is 0 Å². The second kappa shape index (κ2) is 5.31. The Hall–Kier alpha value is -1.36. The van der Waals surface area contributed by atoms with Gasteiger partial charge in [-0.3, -0.25) is 0 Å². The van der Waals surface area contributed by atoms with E-state index in [0.717, 1.165) is 55.7 Å². The molecule has 0 aliphatic carbocycles. The van der Waals surface area contributed by atoms with Crippen molar-refractivity contribution in [3.63, 3.8) is 0 Å². The van der Waals surface area contributed by atoms with E-state index in [1.165, 1.54) is 0 Å². The molecule has 1 aliphatic heterocycles. The van der Waals surface area contributed by atoms with Crippen LogP contribution in [0.4, 0.5) is 11.6 Å². The molecule has 0 aromatic carbocycles. The summed E-state index contributed by atoms with van der Waals surface area (Å²) >= 11 is 0. The first-order chi connectivity index (χ1) is 8.22. The van der Waals surface area contributed by atoms with Crippen LogP contribution in [0.2, 0.25) is 0 Å². The van der Waals surface area contributed by atoms with Gasteiger partial charge in [0.25, 0.3) is 0 Å². The Morgan fingerprint density at radius 3 is 2.59 bits per heavy atom. The van der Waals surface area contributed by atoms with Crippen LogP contribution in [0.5, 0.6) is 0 Å². The Bertz CT molecular complexity index is 385. The number of rotatable bonds is 3. The number of anilines is 2. The van der Waals surface area contributed by atoms with Crippen LogP contribution in [-0.4, -0.2) is 42.7 Å². The van der Waals surface area contributed by atoms with Gasteiger partial charge in [-0.05, 0) is 20.8 Å². The maximum absolute atomic E-state index is 4.59. The predicted molar refractivity (Wildman–Crippen MR) is 70.8 cm³/mol. The summed E-state index contributed by atoms with van der Waals surface area (Å²) in [5.74, 6) is 2.88. The van der Waals surface area contributed by atoms with E-state index >= 15 is 0 Å². The molecule has 2 N–H and O–H groups in total. The molecule has 1 aliphatic rings. The van der Waals surface area contributed by atoms with Crippen molar-refractivity contribution in [3.05, 3.63) is 11.4 Å². The summed E-state index contributed by atoms with van der Waals surface area (Å²) in [6.07, 6.45) is 0. The van der Waals surface area contributed by atoms with Gasteiger partial charge in [-0.25, -0.2) is 9.97 Å². The van der Waals surface area contributed by atoms with Crippen LogP contribution < -0.4 is 15.5 Å². The first kappa shape index (κ1) is 12.1. The molecule has 5 nitrogen and oxygen atoms in total. The highest BCUT2D eigenvalue weighted by Gasteiger charge is 2.17. The third-order valence-electron chi connectivity index (χ3n) is 2.99. The fourth-order valence-corrected chi connectivity index (χ4v) is 2.14. The van der Waals surface area contributed by atoms with E-state index in [1.807, 2.05) is 6.92 Å². The second-order valence-corrected chi connectivity index (χ2v) is 4.34. The van der Waals surface area contributed by atoms with Crippen LogP contribution in [0.15, 0.2) is 0 Å². The van der Waals surface area contributed by atoms with Crippen LogP contribution in [0.1, 0.15) is 18.3 Å². The van der Waals surface area contributed by atoms with Crippen molar-refractivity contribution in [2.24, 2.45) is 0 Å². The topological polar surface area (TPSA) is 53.1 Å². The lowest BCUT2D eigenvalue weighted by Gasteiger charge is -2.30. The number of nitrogens with zero attached hydrogens (tertiary/aromatic N) is 3. The highest BCUT2D eigenvalue weighted by molar-refractivity contribution is 5.58. The average Bonchev–Trinajstić information content (AvgIpc) is 2.35. The van der Waals surface area contributed by atoms with E-state index in [-0.39, 0.29) is 0 Å². The third kappa shape index (κ3) is 2.66. The number of aryl methyl sites for hydroxylation is 1. The molecule has 94 valence electrons. The van der Waals surface area contributed by atoms with E-state index in [1.54, 1.807) is 0 Å². The number of aromatic nitrogens is 2. The zero-order valence-electron chi connectivity index (χ0n) is 10.9. The van der Waals surface area contributed by atoms with Gasteiger partial charge in [0.2, 0.25) is 0 Å². The lowest BCUT2D eigenvalue weighted by Crippen LogP contribution is -2.44. The molecule has 17 heavy (non-hydrogen) atoms. The van der Waals surface area contributed by atoms with E-state index < -0.39 is 0 Å². The van der Waals surface area contributed by atoms with Crippen molar-refractivity contribution in [3.8, 4) is 0 Å². The van der Waals surface area contributed by atoms with Gasteiger partial charge in [-0.15, -0.1) is 0 Å². The smallest absolute Gasteiger partial charge is 0.137 e. The van der Waals surface area contributed by atoms with Gasteiger partial charge in [-0.2, -0.15) is 0 Å². The number of hydrogen-bond donors (Lipinski definition) is 2. The quantitative estimate of drug-likeness (QED) is 0.816. The van der Waals surface area contributed by atoms with Crippen molar-refractivity contribution in [2.45, 2.75) is 20.8 Å². The Morgan fingerprint density at radius 2 is 1.94 bits per heavy atom. The van der Waals surface area contributed by atoms with E-state index in [4.69, 9.17) is 0 Å². The lowest BCUT2D eigenvalue weighted by molar-refractivity contribution is 0.583. The minimum atomic E-state index is 0.833. The Kier molecular flexibility index (Phi) is 3.78. The molecule has 0 saturated carbocycles. The van der Waals surface area contributed by atoms with Gasteiger partial charge in [0.15, 0.2) is 0 Å². The molecule has 0 amide bonds. The molecule has 0 unspecified atom stereocenters. The van der Waals surface area contributed by atoms with Crippen molar-refractivity contribution < 1.29 is 0 Å². The van der Waals surface area contributed by atoms with Crippen LogP contribution >= 0.6 is 0 Å². The fraction of sp³-hybridized carbons (Fsp3) is 0.667. The second-order valence-electron chi connectivity index (χ2n) is 4.34. The maximum atomic E-state index is 4.59. The normalized spacial score (nSPS) is 16.1.